The summed E-state index contributed by atoms with van der Waals surface area (Å²) in [7, 11) is 2.18. The van der Waals surface area contributed by atoms with Crippen LogP contribution in [0.3, 0.4) is 0 Å². The number of aromatic amines is 1. The molecule has 1 aliphatic carbocycles. The van der Waals surface area contributed by atoms with Crippen LogP contribution < -0.4 is 21.5 Å². The highest BCUT2D eigenvalue weighted by molar-refractivity contribution is 5.68. The number of hydrogen-bond donors (Lipinski definition) is 5. The number of H-pyrrole nitrogens is 1. The molecule has 1 saturated carbocycles. The average Bonchev–Trinajstić information content (AvgIpc) is 3.87. The number of unbranched alkanes of at least 4 members (excludes halogenated alkanes) is 1. The maximum absolute atomic E-state index is 13.1. The lowest BCUT2D eigenvalue weighted by atomic mass is 10.0. The lowest BCUT2D eigenvalue weighted by molar-refractivity contribution is 0.0518. The predicted molar refractivity (Wildman–Crippen MR) is 187 cm³/mol. The lowest BCUT2D eigenvalue weighted by Gasteiger charge is -2.38. The molecule has 6 N–H and O–H groups in total. The predicted octanol–water partition coefficient (Wildman–Crippen LogP) is 4.06. The third-order valence-electron chi connectivity index (χ3n) is 8.43. The second-order valence-corrected chi connectivity index (χ2v) is 11.9. The van der Waals surface area contributed by atoms with Crippen molar-refractivity contribution < 1.29 is 14.9 Å². The summed E-state index contributed by atoms with van der Waals surface area (Å²) in [6.45, 7) is 21.1. The Balaban J connectivity index is 0.00000107. The molecule has 1 aromatic heterocycles. The topological polar surface area (TPSA) is 143 Å². The van der Waals surface area contributed by atoms with Gasteiger partial charge in [0.1, 0.15) is 11.5 Å². The van der Waals surface area contributed by atoms with Crippen LogP contribution in [0.1, 0.15) is 71.9 Å². The zero-order valence-corrected chi connectivity index (χ0v) is 28.4. The van der Waals surface area contributed by atoms with E-state index in [2.05, 4.69) is 77.0 Å². The van der Waals surface area contributed by atoms with Crippen molar-refractivity contribution in [3.63, 3.8) is 0 Å². The lowest BCUT2D eigenvalue weighted by Crippen LogP contribution is -2.47. The van der Waals surface area contributed by atoms with Gasteiger partial charge in [-0.2, -0.15) is 0 Å². The molecule has 3 rings (SSSR count). The summed E-state index contributed by atoms with van der Waals surface area (Å²) in [6, 6.07) is 0.921. The molecule has 2 heterocycles. The summed E-state index contributed by atoms with van der Waals surface area (Å²) in [4.78, 5) is 27.6. The van der Waals surface area contributed by atoms with E-state index in [1.807, 2.05) is 0 Å². The molecule has 45 heavy (non-hydrogen) atoms. The number of allylic oxidation sites excluding steroid dienone is 3. The fraction of sp³-hybridized carbons (Fsp3) is 0.647. The Hall–Kier alpha value is -3.12. The number of aliphatic hydroxyl groups excluding tert-OH is 2. The van der Waals surface area contributed by atoms with E-state index in [1.165, 1.54) is 11.6 Å². The second-order valence-electron chi connectivity index (χ2n) is 11.9. The van der Waals surface area contributed by atoms with Crippen molar-refractivity contribution in [3.8, 4) is 0 Å². The van der Waals surface area contributed by atoms with Gasteiger partial charge in [0.15, 0.2) is 11.6 Å². The number of nitrogens with zero attached hydrogens (tertiary/aromatic N) is 4. The van der Waals surface area contributed by atoms with Crippen LogP contribution in [0, 0.1) is 0 Å². The SMILES string of the molecule is C=C(NC1CC1)c1[nH]c(=O)c(N(CCCC)CCN(C)C2CCN(C/C(=C/C)C(C)OCCO)CC2)nc1N.C=C/C(O)=C\C. The van der Waals surface area contributed by atoms with Gasteiger partial charge in [-0.25, -0.2) is 4.98 Å². The summed E-state index contributed by atoms with van der Waals surface area (Å²) < 4.78 is 5.71. The highest BCUT2D eigenvalue weighted by atomic mass is 16.5. The van der Waals surface area contributed by atoms with Crippen LogP contribution in [0.15, 0.2) is 47.5 Å². The van der Waals surface area contributed by atoms with Gasteiger partial charge in [-0.1, -0.05) is 32.6 Å². The van der Waals surface area contributed by atoms with Crippen molar-refractivity contribution in [2.24, 2.45) is 0 Å². The van der Waals surface area contributed by atoms with E-state index in [9.17, 15) is 4.79 Å². The van der Waals surface area contributed by atoms with Crippen molar-refractivity contribution in [1.29, 1.82) is 0 Å². The largest absolute Gasteiger partial charge is 0.508 e. The Morgan fingerprint density at radius 3 is 2.44 bits per heavy atom. The Labute approximate surface area is 270 Å². The van der Waals surface area contributed by atoms with Crippen molar-refractivity contribution in [2.45, 2.75) is 84.4 Å². The van der Waals surface area contributed by atoms with Crippen molar-refractivity contribution in [1.82, 2.24) is 25.1 Å². The maximum atomic E-state index is 13.1. The normalized spacial score (nSPS) is 17.0. The van der Waals surface area contributed by atoms with E-state index in [0.29, 0.717) is 41.7 Å². The molecule has 2 aliphatic rings. The summed E-state index contributed by atoms with van der Waals surface area (Å²) >= 11 is 0. The fourth-order valence-corrected chi connectivity index (χ4v) is 5.26. The molecule has 1 aliphatic heterocycles. The molecule has 0 radical (unpaired) electrons. The number of hydrogen-bond acceptors (Lipinski definition) is 10. The number of rotatable bonds is 18. The summed E-state index contributed by atoms with van der Waals surface area (Å²) in [5.74, 6) is 0.931. The highest BCUT2D eigenvalue weighted by Gasteiger charge is 2.26. The van der Waals surface area contributed by atoms with E-state index in [-0.39, 0.29) is 24.0 Å². The quantitative estimate of drug-likeness (QED) is 0.0917. The first-order valence-electron chi connectivity index (χ1n) is 16.5. The smallest absolute Gasteiger partial charge is 0.291 e. The highest BCUT2D eigenvalue weighted by Crippen LogP contribution is 2.24. The number of nitrogens with two attached hydrogens (primary N) is 1. The maximum Gasteiger partial charge on any atom is 0.291 e. The molecular weight excluding hydrogens is 570 g/mol. The van der Waals surface area contributed by atoms with Crippen molar-refractivity contribution >= 4 is 17.3 Å². The Morgan fingerprint density at radius 2 is 1.91 bits per heavy atom. The Kier molecular flexibility index (Phi) is 17.0. The minimum atomic E-state index is -0.220. The van der Waals surface area contributed by atoms with Crippen LogP contribution in [0.4, 0.5) is 11.6 Å². The van der Waals surface area contributed by atoms with Gasteiger partial charge < -0.3 is 40.8 Å². The van der Waals surface area contributed by atoms with E-state index >= 15 is 0 Å². The molecule has 11 heteroatoms. The fourth-order valence-electron chi connectivity index (χ4n) is 5.26. The number of aromatic nitrogens is 2. The van der Waals surface area contributed by atoms with Crippen molar-refractivity contribution in [2.75, 3.05) is 70.2 Å². The third-order valence-corrected chi connectivity index (χ3v) is 8.43. The van der Waals surface area contributed by atoms with Crippen LogP contribution in [-0.2, 0) is 4.74 Å². The minimum absolute atomic E-state index is 0.0176. The first kappa shape index (κ1) is 38.1. The summed E-state index contributed by atoms with van der Waals surface area (Å²) in [6.07, 6.45) is 11.6. The molecule has 0 aromatic carbocycles. The van der Waals surface area contributed by atoms with E-state index in [1.54, 1.807) is 13.0 Å². The number of aliphatic hydroxyl groups is 2. The molecule has 0 spiro atoms. The van der Waals surface area contributed by atoms with E-state index in [4.69, 9.17) is 20.7 Å². The molecule has 1 unspecified atom stereocenters. The van der Waals surface area contributed by atoms with E-state index in [0.717, 1.165) is 77.8 Å². The van der Waals surface area contributed by atoms with Gasteiger partial charge in [0, 0.05) is 38.3 Å². The van der Waals surface area contributed by atoms with Gasteiger partial charge in [-0.05, 0) is 90.7 Å². The third kappa shape index (κ3) is 13.0. The van der Waals surface area contributed by atoms with Gasteiger partial charge in [0.05, 0.1) is 25.0 Å². The van der Waals surface area contributed by atoms with E-state index < -0.39 is 0 Å². The first-order valence-corrected chi connectivity index (χ1v) is 16.5. The van der Waals surface area contributed by atoms with Gasteiger partial charge >= 0.3 is 0 Å². The number of piperidine rings is 1. The molecule has 1 saturated heterocycles. The Bertz CT molecular complexity index is 1170. The molecule has 2 fully saturated rings. The summed E-state index contributed by atoms with van der Waals surface area (Å²) in [5.41, 5.74) is 8.44. The number of nitrogens with one attached hydrogen (secondary N) is 2. The Morgan fingerprint density at radius 1 is 1.22 bits per heavy atom. The van der Waals surface area contributed by atoms with Crippen LogP contribution >= 0.6 is 0 Å². The zero-order chi connectivity index (χ0) is 33.4. The molecule has 0 amide bonds. The number of ether oxygens (including phenoxy) is 1. The standard InChI is InChI=1S/C29H51N7O3.C5H8O/c1-6-8-13-36(28-29(38)32-26(27(30)33-28)21(3)31-24-9-10-24)17-16-34(5)25-11-14-35(15-12-25)20-23(7-2)22(4)39-19-18-37;1-3-5(6)4-2/h7,22,24-25,31,37H,3,6,8-20H2,1-2,4-5H3,(H2,30,33)(H,32,38);3-4,6H,1H2,2H3/b23-7-;5-4+. The zero-order valence-electron chi connectivity index (χ0n) is 28.4. The monoisotopic (exact) mass is 629 g/mol. The molecule has 254 valence electrons. The molecule has 0 bridgehead atoms. The van der Waals surface area contributed by atoms with Crippen molar-refractivity contribution in [3.05, 3.63) is 58.8 Å². The van der Waals surface area contributed by atoms with Gasteiger partial charge in [-0.3, -0.25) is 9.69 Å². The van der Waals surface area contributed by atoms with Gasteiger partial charge in [0.2, 0.25) is 0 Å². The second kappa shape index (κ2) is 20.1. The van der Waals surface area contributed by atoms with Crippen LogP contribution in [0.2, 0.25) is 0 Å². The number of likely N-dealkylation sites (N-methyl/N-ethyl adjacent to an activating group) is 1. The van der Waals surface area contributed by atoms with Crippen LogP contribution in [-0.4, -0.2) is 108 Å². The molecule has 1 aromatic rings. The number of anilines is 2. The number of nitrogen functional groups attached to an aromatic ring is 1. The van der Waals surface area contributed by atoms with Crippen LogP contribution in [0.5, 0.6) is 0 Å². The molecular formula is C34H59N7O4. The average molecular weight is 630 g/mol. The van der Waals surface area contributed by atoms with Crippen LogP contribution in [0.25, 0.3) is 5.70 Å². The van der Waals surface area contributed by atoms with Gasteiger partial charge in [0.25, 0.3) is 5.56 Å². The molecule has 1 atom stereocenters. The van der Waals surface area contributed by atoms with Gasteiger partial charge in [-0.15, -0.1) is 0 Å². The summed E-state index contributed by atoms with van der Waals surface area (Å²) in [5, 5.41) is 20.8. The minimum Gasteiger partial charge on any atom is -0.508 e. The first-order chi connectivity index (χ1) is 21.6. The molecule has 11 nitrogen and oxygen atoms in total. The number of likely N-dealkylation sites (tertiary alicyclic amines) is 1.